The third kappa shape index (κ3) is 1.92. The van der Waals surface area contributed by atoms with Crippen molar-refractivity contribution in [3.63, 3.8) is 0 Å². The number of aromatic nitrogens is 1. The second kappa shape index (κ2) is 4.28. The van der Waals surface area contributed by atoms with Gasteiger partial charge in [0.05, 0.1) is 5.52 Å². The Hall–Kier alpha value is -1.61. The van der Waals surface area contributed by atoms with Crippen molar-refractivity contribution in [1.29, 1.82) is 0 Å². The lowest BCUT2D eigenvalue weighted by Crippen LogP contribution is -2.11. The van der Waals surface area contributed by atoms with E-state index in [1.165, 1.54) is 23.8 Å². The van der Waals surface area contributed by atoms with Gasteiger partial charge in [0.15, 0.2) is 5.43 Å². The normalized spacial score (nSPS) is 9.67. The van der Waals surface area contributed by atoms with Gasteiger partial charge in [-0.05, 0) is 12.1 Å². The Bertz CT molecular complexity index is 560. The van der Waals surface area contributed by atoms with Gasteiger partial charge in [-0.25, -0.2) is 0 Å². The fourth-order valence-corrected chi connectivity index (χ4v) is 1.48. The van der Waals surface area contributed by atoms with Crippen LogP contribution in [0.1, 0.15) is 11.7 Å². The van der Waals surface area contributed by atoms with Crippen LogP contribution in [-0.2, 0) is 0 Å². The highest BCUT2D eigenvalue weighted by Gasteiger charge is 2.03. The molecule has 0 saturated carbocycles. The zero-order valence-corrected chi connectivity index (χ0v) is 8.95. The summed E-state index contributed by atoms with van der Waals surface area (Å²) in [6.07, 6.45) is 1.51. The van der Waals surface area contributed by atoms with Crippen LogP contribution >= 0.6 is 12.4 Å². The standard InChI is InChI=1S/C11H9NO2.ClH/c1-8(13)12-7-6-11(14)9-4-2-3-5-10(9)12;/h2-7H,1H3;1H. The summed E-state index contributed by atoms with van der Waals surface area (Å²) < 4.78 is 1.47. The molecular weight excluding hydrogens is 214 g/mol. The highest BCUT2D eigenvalue weighted by molar-refractivity contribution is 5.89. The molecule has 0 unspecified atom stereocenters. The molecule has 1 aromatic heterocycles. The summed E-state index contributed by atoms with van der Waals surface area (Å²) in [5, 5.41) is 0.574. The first-order valence-electron chi connectivity index (χ1n) is 4.31. The number of carbonyl (C=O) groups excluding carboxylic acids is 1. The van der Waals surface area contributed by atoms with Crippen LogP contribution in [0.2, 0.25) is 0 Å². The summed E-state index contributed by atoms with van der Waals surface area (Å²) in [5.41, 5.74) is 0.602. The van der Waals surface area contributed by atoms with Gasteiger partial charge in [-0.15, -0.1) is 12.4 Å². The van der Waals surface area contributed by atoms with Crippen LogP contribution in [0.4, 0.5) is 0 Å². The van der Waals surface area contributed by atoms with Gasteiger partial charge in [0.25, 0.3) is 0 Å². The number of rotatable bonds is 0. The number of benzene rings is 1. The number of hydrogen-bond acceptors (Lipinski definition) is 2. The van der Waals surface area contributed by atoms with Crippen LogP contribution in [-0.4, -0.2) is 10.5 Å². The molecule has 0 aliphatic carbocycles. The average Bonchev–Trinajstić information content (AvgIpc) is 2.18. The Balaban J connectivity index is 0.00000112. The van der Waals surface area contributed by atoms with Gasteiger partial charge >= 0.3 is 0 Å². The number of halogens is 1. The van der Waals surface area contributed by atoms with E-state index in [4.69, 9.17) is 0 Å². The number of fused-ring (bicyclic) bond motifs is 1. The van der Waals surface area contributed by atoms with Crippen molar-refractivity contribution in [2.24, 2.45) is 0 Å². The van der Waals surface area contributed by atoms with Gasteiger partial charge in [0.2, 0.25) is 5.91 Å². The molecule has 1 aromatic carbocycles. The molecule has 0 bridgehead atoms. The Morgan fingerprint density at radius 2 is 1.87 bits per heavy atom. The van der Waals surface area contributed by atoms with Crippen molar-refractivity contribution < 1.29 is 4.79 Å². The third-order valence-electron chi connectivity index (χ3n) is 2.14. The van der Waals surface area contributed by atoms with E-state index < -0.39 is 0 Å². The number of pyridine rings is 1. The van der Waals surface area contributed by atoms with E-state index in [0.29, 0.717) is 10.9 Å². The molecule has 78 valence electrons. The van der Waals surface area contributed by atoms with Gasteiger partial charge in [0, 0.05) is 24.6 Å². The molecule has 0 fully saturated rings. The first-order valence-corrected chi connectivity index (χ1v) is 4.31. The molecule has 3 nitrogen and oxygen atoms in total. The summed E-state index contributed by atoms with van der Waals surface area (Å²) in [6, 6.07) is 8.48. The second-order valence-electron chi connectivity index (χ2n) is 3.09. The Kier molecular flexibility index (Phi) is 3.27. The average molecular weight is 224 g/mol. The van der Waals surface area contributed by atoms with Crippen LogP contribution < -0.4 is 5.43 Å². The van der Waals surface area contributed by atoms with E-state index in [0.717, 1.165) is 0 Å². The van der Waals surface area contributed by atoms with Crippen molar-refractivity contribution in [1.82, 2.24) is 4.57 Å². The predicted octanol–water partition coefficient (Wildman–Crippen LogP) is 2.08. The van der Waals surface area contributed by atoms with Crippen LogP contribution in [0.15, 0.2) is 41.3 Å². The lowest BCUT2D eigenvalue weighted by Gasteiger charge is -2.05. The largest absolute Gasteiger partial charge is 0.289 e. The molecule has 0 aliphatic rings. The van der Waals surface area contributed by atoms with E-state index in [1.807, 2.05) is 0 Å². The minimum atomic E-state index is -0.0961. The molecule has 0 N–H and O–H groups in total. The fourth-order valence-electron chi connectivity index (χ4n) is 1.48. The Morgan fingerprint density at radius 1 is 1.20 bits per heavy atom. The highest BCUT2D eigenvalue weighted by Crippen LogP contribution is 2.08. The van der Waals surface area contributed by atoms with E-state index in [2.05, 4.69) is 0 Å². The third-order valence-corrected chi connectivity index (χ3v) is 2.14. The van der Waals surface area contributed by atoms with Gasteiger partial charge < -0.3 is 0 Å². The van der Waals surface area contributed by atoms with Gasteiger partial charge in [-0.3, -0.25) is 14.2 Å². The maximum absolute atomic E-state index is 11.4. The molecule has 0 saturated heterocycles. The van der Waals surface area contributed by atoms with Crippen LogP contribution in [0, 0.1) is 0 Å². The minimum Gasteiger partial charge on any atom is -0.289 e. The molecule has 2 aromatic rings. The second-order valence-corrected chi connectivity index (χ2v) is 3.09. The number of para-hydroxylation sites is 1. The molecule has 0 atom stereocenters. The molecule has 1 heterocycles. The van der Waals surface area contributed by atoms with Crippen molar-refractivity contribution >= 4 is 29.2 Å². The predicted molar refractivity (Wildman–Crippen MR) is 61.8 cm³/mol. The molecule has 15 heavy (non-hydrogen) atoms. The van der Waals surface area contributed by atoms with Gasteiger partial charge in [-0.2, -0.15) is 0 Å². The first-order chi connectivity index (χ1) is 6.70. The molecular formula is C11H10ClNO2. The van der Waals surface area contributed by atoms with Crippen molar-refractivity contribution in [3.8, 4) is 0 Å². The van der Waals surface area contributed by atoms with E-state index >= 15 is 0 Å². The summed E-state index contributed by atoms with van der Waals surface area (Å²) in [6.45, 7) is 1.47. The molecule has 2 rings (SSSR count). The zero-order valence-electron chi connectivity index (χ0n) is 8.14. The highest BCUT2D eigenvalue weighted by atomic mass is 35.5. The number of nitrogens with zero attached hydrogens (tertiary/aromatic N) is 1. The van der Waals surface area contributed by atoms with Crippen LogP contribution in [0.3, 0.4) is 0 Å². The molecule has 0 aliphatic heterocycles. The van der Waals surface area contributed by atoms with Crippen LogP contribution in [0.25, 0.3) is 10.9 Å². The van der Waals surface area contributed by atoms with Crippen molar-refractivity contribution in [3.05, 3.63) is 46.8 Å². The monoisotopic (exact) mass is 223 g/mol. The summed E-state index contributed by atoms with van der Waals surface area (Å²) in [7, 11) is 0. The van der Waals surface area contributed by atoms with E-state index in [1.54, 1.807) is 24.3 Å². The van der Waals surface area contributed by atoms with Gasteiger partial charge in [0.1, 0.15) is 0 Å². The first kappa shape index (κ1) is 11.5. The Morgan fingerprint density at radius 3 is 2.53 bits per heavy atom. The lowest BCUT2D eigenvalue weighted by molar-refractivity contribution is 0.0941. The molecule has 0 spiro atoms. The van der Waals surface area contributed by atoms with Gasteiger partial charge in [-0.1, -0.05) is 12.1 Å². The van der Waals surface area contributed by atoms with E-state index in [-0.39, 0.29) is 23.7 Å². The molecule has 0 radical (unpaired) electrons. The number of carbonyl (C=O) groups is 1. The maximum Gasteiger partial charge on any atom is 0.227 e. The zero-order chi connectivity index (χ0) is 10.1. The smallest absolute Gasteiger partial charge is 0.227 e. The summed E-state index contributed by atoms with van der Waals surface area (Å²) in [5.74, 6) is -0.0961. The fraction of sp³-hybridized carbons (Fsp3) is 0.0909. The number of hydrogen-bond donors (Lipinski definition) is 0. The van der Waals surface area contributed by atoms with Crippen molar-refractivity contribution in [2.75, 3.05) is 0 Å². The topological polar surface area (TPSA) is 39.1 Å². The summed E-state index contributed by atoms with van der Waals surface area (Å²) in [4.78, 5) is 22.7. The molecule has 0 amide bonds. The lowest BCUT2D eigenvalue weighted by atomic mass is 10.2. The minimum absolute atomic E-state index is 0. The quantitative estimate of drug-likeness (QED) is 0.686. The SMILES string of the molecule is CC(=O)n1ccc(=O)c2ccccc21.Cl. The maximum atomic E-state index is 11.4. The molecule has 4 heteroatoms. The van der Waals surface area contributed by atoms with E-state index in [9.17, 15) is 9.59 Å². The van der Waals surface area contributed by atoms with Crippen LogP contribution in [0.5, 0.6) is 0 Å². The van der Waals surface area contributed by atoms with Crippen molar-refractivity contribution in [2.45, 2.75) is 6.92 Å². The summed E-state index contributed by atoms with van der Waals surface area (Å²) >= 11 is 0. The Labute approximate surface area is 92.7 Å².